The first-order valence-corrected chi connectivity index (χ1v) is 10.7. The second kappa shape index (κ2) is 9.67. The van der Waals surface area contributed by atoms with Crippen molar-refractivity contribution in [3.8, 4) is 0 Å². The number of benzene rings is 2. The summed E-state index contributed by atoms with van der Waals surface area (Å²) in [4.78, 5) is 24.6. The smallest absolute Gasteiger partial charge is 0.324 e. The Morgan fingerprint density at radius 2 is 1.59 bits per heavy atom. The minimum absolute atomic E-state index is 0.0472. The Morgan fingerprint density at radius 3 is 2.14 bits per heavy atom. The number of sulfonamides is 1. The number of esters is 1. The lowest BCUT2D eigenvalue weighted by molar-refractivity contribution is -0.150. The van der Waals surface area contributed by atoms with E-state index in [9.17, 15) is 18.0 Å². The average Bonchev–Trinajstić information content (AvgIpc) is 2.64. The molecule has 29 heavy (non-hydrogen) atoms. The van der Waals surface area contributed by atoms with Gasteiger partial charge in [0, 0.05) is 5.69 Å². The number of hydrogen-bond acceptors (Lipinski definition) is 5. The second-order valence-corrected chi connectivity index (χ2v) is 8.90. The molecule has 2 aromatic carbocycles. The maximum Gasteiger partial charge on any atom is 0.324 e. The summed E-state index contributed by atoms with van der Waals surface area (Å²) in [5.74, 6) is -1.68. The summed E-state index contributed by atoms with van der Waals surface area (Å²) < 4.78 is 32.4. The van der Waals surface area contributed by atoms with E-state index in [0.717, 1.165) is 11.1 Å². The number of ether oxygens (including phenoxy) is 1. The van der Waals surface area contributed by atoms with Gasteiger partial charge in [0.25, 0.3) is 5.91 Å². The van der Waals surface area contributed by atoms with E-state index in [1.165, 1.54) is 12.1 Å². The Hall–Kier alpha value is -2.71. The molecule has 0 fully saturated rings. The highest BCUT2D eigenvalue weighted by molar-refractivity contribution is 7.89. The molecule has 156 valence electrons. The molecule has 2 rings (SSSR count). The van der Waals surface area contributed by atoms with Gasteiger partial charge in [-0.15, -0.1) is 0 Å². The van der Waals surface area contributed by atoms with Crippen LogP contribution in [-0.4, -0.2) is 32.9 Å². The Labute approximate surface area is 171 Å². The van der Waals surface area contributed by atoms with E-state index in [1.54, 1.807) is 44.2 Å². The standard InChI is InChI=1S/C21H26N2O5S/c1-14(2)20(23-29(26,27)18-8-6-5-7-9-18)21(25)28-13-19(24)22-17-11-15(3)10-16(4)12-17/h5-12,14,20,23H,13H2,1-4H3,(H,22,24)/t20-/m0/s1. The predicted octanol–water partition coefficient (Wildman–Crippen LogP) is 2.79. The van der Waals surface area contributed by atoms with E-state index in [0.29, 0.717) is 5.69 Å². The first-order valence-electron chi connectivity index (χ1n) is 9.20. The van der Waals surface area contributed by atoms with Gasteiger partial charge in [0.1, 0.15) is 6.04 Å². The Kier molecular flexibility index (Phi) is 7.53. The monoisotopic (exact) mass is 418 g/mol. The molecule has 0 spiro atoms. The van der Waals surface area contributed by atoms with Crippen molar-refractivity contribution in [2.24, 2.45) is 5.92 Å². The maximum absolute atomic E-state index is 12.5. The normalized spacial score (nSPS) is 12.4. The minimum atomic E-state index is -3.90. The molecule has 0 aliphatic heterocycles. The van der Waals surface area contributed by atoms with Crippen molar-refractivity contribution in [1.29, 1.82) is 0 Å². The molecular weight excluding hydrogens is 392 g/mol. The summed E-state index contributed by atoms with van der Waals surface area (Å²) in [6.45, 7) is 6.69. The van der Waals surface area contributed by atoms with E-state index in [2.05, 4.69) is 10.0 Å². The van der Waals surface area contributed by atoms with Crippen LogP contribution in [0.4, 0.5) is 5.69 Å². The van der Waals surface area contributed by atoms with E-state index >= 15 is 0 Å². The van der Waals surface area contributed by atoms with Gasteiger partial charge in [0.05, 0.1) is 4.90 Å². The highest BCUT2D eigenvalue weighted by Crippen LogP contribution is 2.14. The molecule has 1 atom stereocenters. The van der Waals surface area contributed by atoms with Crippen molar-refractivity contribution in [3.63, 3.8) is 0 Å². The van der Waals surface area contributed by atoms with Crippen LogP contribution in [0.2, 0.25) is 0 Å². The van der Waals surface area contributed by atoms with Crippen LogP contribution in [0.15, 0.2) is 53.4 Å². The molecule has 0 radical (unpaired) electrons. The lowest BCUT2D eigenvalue weighted by Gasteiger charge is -2.20. The summed E-state index contributed by atoms with van der Waals surface area (Å²) in [6, 6.07) is 12.2. The second-order valence-electron chi connectivity index (χ2n) is 7.19. The minimum Gasteiger partial charge on any atom is -0.454 e. The topological polar surface area (TPSA) is 102 Å². The molecule has 2 N–H and O–H groups in total. The molecule has 0 aliphatic carbocycles. The molecule has 0 saturated heterocycles. The summed E-state index contributed by atoms with van der Waals surface area (Å²) in [7, 11) is -3.90. The van der Waals surface area contributed by atoms with Crippen molar-refractivity contribution < 1.29 is 22.7 Å². The van der Waals surface area contributed by atoms with Gasteiger partial charge in [-0.1, -0.05) is 38.1 Å². The van der Waals surface area contributed by atoms with Gasteiger partial charge in [-0.25, -0.2) is 8.42 Å². The van der Waals surface area contributed by atoms with Gasteiger partial charge < -0.3 is 10.1 Å². The van der Waals surface area contributed by atoms with Crippen LogP contribution >= 0.6 is 0 Å². The first-order chi connectivity index (χ1) is 13.6. The Balaban J connectivity index is 1.99. The predicted molar refractivity (Wildman–Crippen MR) is 111 cm³/mol. The SMILES string of the molecule is Cc1cc(C)cc(NC(=O)COC(=O)[C@@H](NS(=O)(=O)c2ccccc2)C(C)C)c1. The number of hydrogen-bond donors (Lipinski definition) is 2. The zero-order chi connectivity index (χ0) is 21.6. The molecule has 1 amide bonds. The van der Waals surface area contributed by atoms with E-state index in [4.69, 9.17) is 4.74 Å². The number of aryl methyl sites for hydroxylation is 2. The lowest BCUT2D eigenvalue weighted by Crippen LogP contribution is -2.45. The highest BCUT2D eigenvalue weighted by atomic mass is 32.2. The third-order valence-corrected chi connectivity index (χ3v) is 5.56. The van der Waals surface area contributed by atoms with Crippen LogP contribution in [0.25, 0.3) is 0 Å². The van der Waals surface area contributed by atoms with Crippen LogP contribution < -0.4 is 10.0 Å². The van der Waals surface area contributed by atoms with E-state index < -0.39 is 34.5 Å². The fourth-order valence-corrected chi connectivity index (χ4v) is 4.12. The van der Waals surface area contributed by atoms with Gasteiger partial charge in [0.2, 0.25) is 10.0 Å². The molecule has 0 aliphatic rings. The van der Waals surface area contributed by atoms with Gasteiger partial charge in [-0.05, 0) is 55.2 Å². The van der Waals surface area contributed by atoms with E-state index in [1.807, 2.05) is 19.9 Å². The fraction of sp³-hybridized carbons (Fsp3) is 0.333. The summed E-state index contributed by atoms with van der Waals surface area (Å²) in [5.41, 5.74) is 2.59. The zero-order valence-corrected chi connectivity index (χ0v) is 17.7. The van der Waals surface area contributed by atoms with Crippen LogP contribution in [0.1, 0.15) is 25.0 Å². The quantitative estimate of drug-likeness (QED) is 0.642. The molecule has 0 unspecified atom stereocenters. The molecule has 0 aromatic heterocycles. The van der Waals surface area contributed by atoms with Crippen molar-refractivity contribution >= 4 is 27.6 Å². The number of rotatable bonds is 8. The van der Waals surface area contributed by atoms with Gasteiger partial charge in [0.15, 0.2) is 6.61 Å². The molecule has 0 heterocycles. The van der Waals surface area contributed by atoms with Crippen LogP contribution in [0, 0.1) is 19.8 Å². The van der Waals surface area contributed by atoms with Gasteiger partial charge in [-0.2, -0.15) is 4.72 Å². The van der Waals surface area contributed by atoms with Crippen LogP contribution in [0.3, 0.4) is 0 Å². The highest BCUT2D eigenvalue weighted by Gasteiger charge is 2.30. The molecule has 0 saturated carbocycles. The van der Waals surface area contributed by atoms with Gasteiger partial charge >= 0.3 is 5.97 Å². The first kappa shape index (κ1) is 22.6. The fourth-order valence-electron chi connectivity index (χ4n) is 2.76. The third kappa shape index (κ3) is 6.69. The van der Waals surface area contributed by atoms with Crippen molar-refractivity contribution in [1.82, 2.24) is 4.72 Å². The summed E-state index contributed by atoms with van der Waals surface area (Å²) in [5, 5.41) is 2.67. The summed E-state index contributed by atoms with van der Waals surface area (Å²) >= 11 is 0. The van der Waals surface area contributed by atoms with Gasteiger partial charge in [-0.3, -0.25) is 9.59 Å². The largest absolute Gasteiger partial charge is 0.454 e. The Morgan fingerprint density at radius 1 is 1.00 bits per heavy atom. The average molecular weight is 419 g/mol. The third-order valence-electron chi connectivity index (χ3n) is 4.11. The van der Waals surface area contributed by atoms with E-state index in [-0.39, 0.29) is 10.8 Å². The summed E-state index contributed by atoms with van der Waals surface area (Å²) in [6.07, 6.45) is 0. The van der Waals surface area contributed by atoms with Crippen molar-refractivity contribution in [3.05, 3.63) is 59.7 Å². The van der Waals surface area contributed by atoms with Crippen molar-refractivity contribution in [2.75, 3.05) is 11.9 Å². The van der Waals surface area contributed by atoms with Crippen molar-refractivity contribution in [2.45, 2.75) is 38.6 Å². The maximum atomic E-state index is 12.5. The molecule has 7 nitrogen and oxygen atoms in total. The molecule has 2 aromatic rings. The molecule has 8 heteroatoms. The zero-order valence-electron chi connectivity index (χ0n) is 16.9. The lowest BCUT2D eigenvalue weighted by atomic mass is 10.1. The number of anilines is 1. The van der Waals surface area contributed by atoms with Crippen LogP contribution in [-0.2, 0) is 24.3 Å². The van der Waals surface area contributed by atoms with Crippen LogP contribution in [0.5, 0.6) is 0 Å². The Bertz CT molecular complexity index is 952. The molecular formula is C21H26N2O5S. The number of nitrogens with one attached hydrogen (secondary N) is 2. The molecule has 0 bridgehead atoms. The number of carbonyl (C=O) groups excluding carboxylic acids is 2. The number of carbonyl (C=O) groups is 2. The number of amides is 1.